The Balaban J connectivity index is 0.00000102. The lowest BCUT2D eigenvalue weighted by molar-refractivity contribution is 1.17. The van der Waals surface area contributed by atoms with E-state index in [1.165, 1.54) is 22.3 Å². The van der Waals surface area contributed by atoms with Crippen LogP contribution < -0.4 is 0 Å². The topological polar surface area (TPSA) is 12.9 Å². The third-order valence-electron chi connectivity index (χ3n) is 3.20. The van der Waals surface area contributed by atoms with E-state index in [9.17, 15) is 0 Å². The van der Waals surface area contributed by atoms with Gasteiger partial charge in [0, 0.05) is 5.69 Å². The summed E-state index contributed by atoms with van der Waals surface area (Å²) in [6, 6.07) is 12.5. The summed E-state index contributed by atoms with van der Waals surface area (Å²) < 4.78 is 0. The Morgan fingerprint density at radius 1 is 0.818 bits per heavy atom. The van der Waals surface area contributed by atoms with Crippen molar-refractivity contribution in [3.05, 3.63) is 64.5 Å². The molecule has 1 nitrogen and oxygen atoms in total. The molecular formula is C21H31N. The maximum Gasteiger partial charge on any atom is 0.0662 e. The van der Waals surface area contributed by atoms with E-state index in [0.29, 0.717) is 0 Å². The minimum atomic E-state index is 1.05. The van der Waals surface area contributed by atoms with Crippen molar-refractivity contribution < 1.29 is 0 Å². The highest BCUT2D eigenvalue weighted by Gasteiger charge is 2.02. The standard InChI is InChI=1S/C17H19N.2C2H6/c1-12-7-5-8-13(2)16(12)11-14(3)17-10-6-9-15(4)18-17;2*1-2/h5-11H,1-4H3;2*1-2H3/b14-11+;;. The monoisotopic (exact) mass is 297 g/mol. The molecule has 0 N–H and O–H groups in total. The number of allylic oxidation sites excluding steroid dienone is 1. The van der Waals surface area contributed by atoms with E-state index >= 15 is 0 Å². The summed E-state index contributed by atoms with van der Waals surface area (Å²) in [5.74, 6) is 0. The third-order valence-corrected chi connectivity index (χ3v) is 3.20. The summed E-state index contributed by atoms with van der Waals surface area (Å²) >= 11 is 0. The number of benzene rings is 1. The Morgan fingerprint density at radius 2 is 1.32 bits per heavy atom. The van der Waals surface area contributed by atoms with Crippen molar-refractivity contribution in [2.24, 2.45) is 0 Å². The van der Waals surface area contributed by atoms with Crippen LogP contribution in [0, 0.1) is 20.8 Å². The zero-order valence-corrected chi connectivity index (χ0v) is 15.5. The molecule has 0 aliphatic carbocycles. The molecule has 0 spiro atoms. The van der Waals surface area contributed by atoms with Gasteiger partial charge in [0.25, 0.3) is 0 Å². The lowest BCUT2D eigenvalue weighted by Gasteiger charge is -2.07. The summed E-state index contributed by atoms with van der Waals surface area (Å²) in [4.78, 5) is 4.56. The van der Waals surface area contributed by atoms with Gasteiger partial charge in [-0.25, -0.2) is 0 Å². The van der Waals surface area contributed by atoms with Gasteiger partial charge in [-0.2, -0.15) is 0 Å². The SMILES string of the molecule is C/C(=C\c1c(C)cccc1C)c1cccc(C)n1.CC.CC. The third kappa shape index (κ3) is 5.85. The van der Waals surface area contributed by atoms with Crippen LogP contribution >= 0.6 is 0 Å². The van der Waals surface area contributed by atoms with E-state index < -0.39 is 0 Å². The molecule has 0 saturated carbocycles. The van der Waals surface area contributed by atoms with Crippen molar-refractivity contribution in [2.45, 2.75) is 55.4 Å². The molecule has 0 fully saturated rings. The quantitative estimate of drug-likeness (QED) is 0.607. The van der Waals surface area contributed by atoms with Gasteiger partial charge in [-0.15, -0.1) is 0 Å². The van der Waals surface area contributed by atoms with Gasteiger partial charge >= 0.3 is 0 Å². The number of aryl methyl sites for hydroxylation is 3. The first-order valence-corrected chi connectivity index (χ1v) is 8.26. The predicted molar refractivity (Wildman–Crippen MR) is 101 cm³/mol. The fourth-order valence-electron chi connectivity index (χ4n) is 2.11. The number of hydrogen-bond acceptors (Lipinski definition) is 1. The minimum Gasteiger partial charge on any atom is -0.253 e. The molecule has 0 aliphatic rings. The maximum atomic E-state index is 4.56. The van der Waals surface area contributed by atoms with Crippen molar-refractivity contribution in [3.8, 4) is 0 Å². The molecule has 0 aliphatic heterocycles. The normalized spacial score (nSPS) is 10.1. The molecule has 0 bridgehead atoms. The second-order valence-corrected chi connectivity index (χ2v) is 4.80. The van der Waals surface area contributed by atoms with Crippen LogP contribution in [0.25, 0.3) is 11.6 Å². The molecule has 1 heteroatoms. The fourth-order valence-corrected chi connectivity index (χ4v) is 2.11. The Morgan fingerprint density at radius 3 is 1.82 bits per heavy atom. The lowest BCUT2D eigenvalue weighted by atomic mass is 10.00. The van der Waals surface area contributed by atoms with Gasteiger partial charge in [-0.1, -0.05) is 52.0 Å². The molecule has 0 radical (unpaired) electrons. The Labute approximate surface area is 137 Å². The number of hydrogen-bond donors (Lipinski definition) is 0. The summed E-state index contributed by atoms with van der Waals surface area (Å²) in [7, 11) is 0. The molecule has 0 saturated heterocycles. The van der Waals surface area contributed by atoms with E-state index in [-0.39, 0.29) is 0 Å². The van der Waals surface area contributed by atoms with Crippen molar-refractivity contribution >= 4 is 11.6 Å². The predicted octanol–water partition coefficient (Wildman–Crippen LogP) is 6.62. The molecule has 1 heterocycles. The summed E-state index contributed by atoms with van der Waals surface area (Å²) in [6.45, 7) is 16.4. The van der Waals surface area contributed by atoms with Gasteiger partial charge in [0.15, 0.2) is 0 Å². The van der Waals surface area contributed by atoms with Gasteiger partial charge in [-0.05, 0) is 68.2 Å². The smallest absolute Gasteiger partial charge is 0.0662 e. The molecule has 120 valence electrons. The average Bonchev–Trinajstić information content (AvgIpc) is 2.55. The summed E-state index contributed by atoms with van der Waals surface area (Å²) in [6.07, 6.45) is 2.23. The first-order chi connectivity index (χ1) is 10.6. The van der Waals surface area contributed by atoms with Crippen LogP contribution in [0.5, 0.6) is 0 Å². The molecule has 2 rings (SSSR count). The van der Waals surface area contributed by atoms with Crippen LogP contribution in [0.1, 0.15) is 62.7 Å². The zero-order valence-electron chi connectivity index (χ0n) is 15.5. The van der Waals surface area contributed by atoms with E-state index in [0.717, 1.165) is 11.4 Å². The molecular weight excluding hydrogens is 266 g/mol. The molecule has 0 amide bonds. The van der Waals surface area contributed by atoms with Gasteiger partial charge < -0.3 is 0 Å². The summed E-state index contributed by atoms with van der Waals surface area (Å²) in [5, 5.41) is 0. The van der Waals surface area contributed by atoms with Gasteiger partial charge in [-0.3, -0.25) is 4.98 Å². The van der Waals surface area contributed by atoms with Crippen LogP contribution in [0.15, 0.2) is 36.4 Å². The minimum absolute atomic E-state index is 1.05. The van der Waals surface area contributed by atoms with Crippen LogP contribution in [0.4, 0.5) is 0 Å². The van der Waals surface area contributed by atoms with Gasteiger partial charge in [0.1, 0.15) is 0 Å². The Bertz CT molecular complexity index is 574. The van der Waals surface area contributed by atoms with Gasteiger partial charge in [0.05, 0.1) is 5.69 Å². The second-order valence-electron chi connectivity index (χ2n) is 4.80. The molecule has 1 aromatic heterocycles. The summed E-state index contributed by atoms with van der Waals surface area (Å²) in [5.41, 5.74) is 7.23. The average molecular weight is 297 g/mol. The largest absolute Gasteiger partial charge is 0.253 e. The van der Waals surface area contributed by atoms with Crippen molar-refractivity contribution in [1.82, 2.24) is 4.98 Å². The molecule has 0 atom stereocenters. The van der Waals surface area contributed by atoms with E-state index in [1.807, 2.05) is 40.7 Å². The first-order valence-electron chi connectivity index (χ1n) is 8.26. The highest BCUT2D eigenvalue weighted by atomic mass is 14.7. The highest BCUT2D eigenvalue weighted by molar-refractivity contribution is 5.80. The highest BCUT2D eigenvalue weighted by Crippen LogP contribution is 2.21. The first kappa shape index (κ1) is 20.1. The Kier molecular flexibility index (Phi) is 9.86. The number of nitrogens with zero attached hydrogens (tertiary/aromatic N) is 1. The van der Waals surface area contributed by atoms with Crippen LogP contribution in [0.2, 0.25) is 0 Å². The molecule has 22 heavy (non-hydrogen) atoms. The number of pyridine rings is 1. The van der Waals surface area contributed by atoms with E-state index in [4.69, 9.17) is 0 Å². The van der Waals surface area contributed by atoms with Crippen LogP contribution in [0.3, 0.4) is 0 Å². The number of aromatic nitrogens is 1. The Hall–Kier alpha value is -1.89. The zero-order chi connectivity index (χ0) is 17.1. The fraction of sp³-hybridized carbons (Fsp3) is 0.381. The van der Waals surface area contributed by atoms with Crippen molar-refractivity contribution in [1.29, 1.82) is 0 Å². The lowest BCUT2D eigenvalue weighted by Crippen LogP contribution is -1.90. The van der Waals surface area contributed by atoms with E-state index in [1.54, 1.807) is 0 Å². The van der Waals surface area contributed by atoms with Crippen molar-refractivity contribution in [2.75, 3.05) is 0 Å². The second kappa shape index (κ2) is 10.8. The van der Waals surface area contributed by atoms with Gasteiger partial charge in [0.2, 0.25) is 0 Å². The van der Waals surface area contributed by atoms with Crippen molar-refractivity contribution in [3.63, 3.8) is 0 Å². The molecule has 0 unspecified atom stereocenters. The number of rotatable bonds is 2. The van der Waals surface area contributed by atoms with Crippen LogP contribution in [-0.4, -0.2) is 4.98 Å². The van der Waals surface area contributed by atoms with E-state index in [2.05, 4.69) is 62.2 Å². The molecule has 1 aromatic carbocycles. The molecule has 2 aromatic rings. The maximum absolute atomic E-state index is 4.56. The van der Waals surface area contributed by atoms with Crippen LogP contribution in [-0.2, 0) is 0 Å².